The van der Waals surface area contributed by atoms with Crippen molar-refractivity contribution in [3.05, 3.63) is 0 Å². The Morgan fingerprint density at radius 3 is 2.57 bits per heavy atom. The van der Waals surface area contributed by atoms with E-state index in [4.69, 9.17) is 4.74 Å². The van der Waals surface area contributed by atoms with Gasteiger partial charge in [0.25, 0.3) is 0 Å². The number of amides is 2. The molecule has 2 aliphatic rings. The molecule has 21 heavy (non-hydrogen) atoms. The summed E-state index contributed by atoms with van der Waals surface area (Å²) in [6.45, 7) is 5.15. The molecule has 0 aromatic carbocycles. The van der Waals surface area contributed by atoms with Crippen molar-refractivity contribution < 1.29 is 19.4 Å². The standard InChI is InChI=1S/C15H26N2O4/c1-11-5-3-7-15(9-11,12(18)19)17-13(20)16-14(2)6-4-8-21-10-14/h11H,3-10H2,1-2H3,(H,18,19)(H2,16,17,20). The van der Waals surface area contributed by atoms with E-state index in [2.05, 4.69) is 10.6 Å². The van der Waals surface area contributed by atoms with Gasteiger partial charge in [-0.05, 0) is 38.5 Å². The van der Waals surface area contributed by atoms with Crippen molar-refractivity contribution in [2.45, 2.75) is 63.5 Å². The number of carboxylic acid groups (broad SMARTS) is 1. The van der Waals surface area contributed by atoms with Crippen LogP contribution in [-0.2, 0) is 9.53 Å². The molecule has 6 nitrogen and oxygen atoms in total. The Morgan fingerprint density at radius 2 is 2.00 bits per heavy atom. The highest BCUT2D eigenvalue weighted by molar-refractivity contribution is 5.86. The van der Waals surface area contributed by atoms with Crippen molar-refractivity contribution in [3.8, 4) is 0 Å². The van der Waals surface area contributed by atoms with E-state index in [1.807, 2.05) is 13.8 Å². The number of nitrogens with one attached hydrogen (secondary N) is 2. The number of carboxylic acids is 1. The molecule has 2 fully saturated rings. The number of aliphatic carboxylic acids is 1. The highest BCUT2D eigenvalue weighted by Gasteiger charge is 2.44. The van der Waals surface area contributed by atoms with Crippen LogP contribution in [0.3, 0.4) is 0 Å². The largest absolute Gasteiger partial charge is 0.480 e. The van der Waals surface area contributed by atoms with Crippen molar-refractivity contribution in [1.29, 1.82) is 0 Å². The zero-order valence-corrected chi connectivity index (χ0v) is 12.9. The van der Waals surface area contributed by atoms with Crippen LogP contribution in [-0.4, -0.2) is 41.4 Å². The third-order valence-corrected chi connectivity index (χ3v) is 4.61. The smallest absolute Gasteiger partial charge is 0.329 e. The van der Waals surface area contributed by atoms with Crippen molar-refractivity contribution in [2.75, 3.05) is 13.2 Å². The first kappa shape index (κ1) is 16.1. The van der Waals surface area contributed by atoms with E-state index >= 15 is 0 Å². The van der Waals surface area contributed by atoms with E-state index < -0.39 is 23.1 Å². The molecule has 1 aliphatic heterocycles. The molecule has 1 aliphatic carbocycles. The fourth-order valence-electron chi connectivity index (χ4n) is 3.47. The predicted molar refractivity (Wildman–Crippen MR) is 78.1 cm³/mol. The molecule has 1 saturated carbocycles. The first-order valence-electron chi connectivity index (χ1n) is 7.77. The van der Waals surface area contributed by atoms with Gasteiger partial charge >= 0.3 is 12.0 Å². The number of carbonyl (C=O) groups excluding carboxylic acids is 1. The molecule has 3 N–H and O–H groups in total. The lowest BCUT2D eigenvalue weighted by molar-refractivity contribution is -0.146. The Bertz CT molecular complexity index is 406. The predicted octanol–water partition coefficient (Wildman–Crippen LogP) is 1.89. The fourth-order valence-corrected chi connectivity index (χ4v) is 3.47. The van der Waals surface area contributed by atoms with Gasteiger partial charge in [0, 0.05) is 6.61 Å². The van der Waals surface area contributed by atoms with E-state index in [1.54, 1.807) is 0 Å². The molecular formula is C15H26N2O4. The summed E-state index contributed by atoms with van der Waals surface area (Å²) in [6.07, 6.45) is 4.57. The zero-order chi connectivity index (χ0) is 15.5. The number of urea groups is 1. The summed E-state index contributed by atoms with van der Waals surface area (Å²) in [4.78, 5) is 23.9. The van der Waals surface area contributed by atoms with Crippen LogP contribution in [0.4, 0.5) is 4.79 Å². The van der Waals surface area contributed by atoms with Gasteiger partial charge in [0.2, 0.25) is 0 Å². The van der Waals surface area contributed by atoms with Crippen molar-refractivity contribution in [2.24, 2.45) is 5.92 Å². The van der Waals surface area contributed by atoms with Crippen LogP contribution in [0.25, 0.3) is 0 Å². The number of ether oxygens (including phenoxy) is 1. The number of hydrogen-bond acceptors (Lipinski definition) is 3. The van der Waals surface area contributed by atoms with E-state index in [0.29, 0.717) is 25.4 Å². The fraction of sp³-hybridized carbons (Fsp3) is 0.867. The molecule has 120 valence electrons. The summed E-state index contributed by atoms with van der Waals surface area (Å²) in [5.41, 5.74) is -1.55. The van der Waals surface area contributed by atoms with Crippen LogP contribution in [0, 0.1) is 5.92 Å². The molecule has 2 amide bonds. The lowest BCUT2D eigenvalue weighted by Crippen LogP contribution is -2.63. The second kappa shape index (κ2) is 6.22. The lowest BCUT2D eigenvalue weighted by atomic mass is 9.76. The Labute approximate surface area is 125 Å². The molecule has 0 bridgehead atoms. The third-order valence-electron chi connectivity index (χ3n) is 4.61. The second-order valence-corrected chi connectivity index (χ2v) is 6.88. The molecule has 0 radical (unpaired) electrons. The summed E-state index contributed by atoms with van der Waals surface area (Å²) in [6, 6.07) is -0.403. The Morgan fingerprint density at radius 1 is 1.24 bits per heavy atom. The van der Waals surface area contributed by atoms with Gasteiger partial charge in [-0.2, -0.15) is 0 Å². The highest BCUT2D eigenvalue weighted by Crippen LogP contribution is 2.32. The minimum absolute atomic E-state index is 0.309. The first-order chi connectivity index (χ1) is 9.85. The maximum absolute atomic E-state index is 12.3. The van der Waals surface area contributed by atoms with Crippen LogP contribution < -0.4 is 10.6 Å². The third kappa shape index (κ3) is 3.87. The van der Waals surface area contributed by atoms with E-state index in [0.717, 1.165) is 32.3 Å². The van der Waals surface area contributed by atoms with Gasteiger partial charge in [0.1, 0.15) is 5.54 Å². The van der Waals surface area contributed by atoms with Crippen LogP contribution >= 0.6 is 0 Å². The van der Waals surface area contributed by atoms with Gasteiger partial charge < -0.3 is 20.5 Å². The van der Waals surface area contributed by atoms with Crippen molar-refractivity contribution >= 4 is 12.0 Å². The van der Waals surface area contributed by atoms with Crippen molar-refractivity contribution in [1.82, 2.24) is 10.6 Å². The van der Waals surface area contributed by atoms with Crippen LogP contribution in [0.2, 0.25) is 0 Å². The summed E-state index contributed by atoms with van der Waals surface area (Å²) < 4.78 is 5.41. The monoisotopic (exact) mass is 298 g/mol. The maximum atomic E-state index is 12.3. The molecular weight excluding hydrogens is 272 g/mol. The maximum Gasteiger partial charge on any atom is 0.329 e. The van der Waals surface area contributed by atoms with Crippen LogP contribution in [0.1, 0.15) is 52.4 Å². The summed E-state index contributed by atoms with van der Waals surface area (Å²) in [5, 5.41) is 15.2. The van der Waals surface area contributed by atoms with Crippen molar-refractivity contribution in [3.63, 3.8) is 0 Å². The average Bonchev–Trinajstić information content (AvgIpc) is 2.38. The van der Waals surface area contributed by atoms with Gasteiger partial charge in [-0.1, -0.05) is 19.8 Å². The van der Waals surface area contributed by atoms with Crippen LogP contribution in [0.15, 0.2) is 0 Å². The van der Waals surface area contributed by atoms with E-state index in [9.17, 15) is 14.7 Å². The summed E-state index contributed by atoms with van der Waals surface area (Å²) in [7, 11) is 0. The van der Waals surface area contributed by atoms with Gasteiger partial charge in [-0.3, -0.25) is 0 Å². The normalized spacial score (nSPS) is 36.8. The molecule has 6 heteroatoms. The van der Waals surface area contributed by atoms with Gasteiger partial charge in [0.15, 0.2) is 0 Å². The van der Waals surface area contributed by atoms with Gasteiger partial charge in [-0.15, -0.1) is 0 Å². The lowest BCUT2D eigenvalue weighted by Gasteiger charge is -2.39. The van der Waals surface area contributed by atoms with Crippen LogP contribution in [0.5, 0.6) is 0 Å². The van der Waals surface area contributed by atoms with E-state index in [1.165, 1.54) is 0 Å². The molecule has 2 rings (SSSR count). The highest BCUT2D eigenvalue weighted by atomic mass is 16.5. The SMILES string of the molecule is CC1CCCC(NC(=O)NC2(C)CCCOC2)(C(=O)O)C1. The quantitative estimate of drug-likeness (QED) is 0.742. The topological polar surface area (TPSA) is 87.7 Å². The second-order valence-electron chi connectivity index (χ2n) is 6.88. The van der Waals surface area contributed by atoms with E-state index in [-0.39, 0.29) is 0 Å². The Hall–Kier alpha value is -1.30. The average molecular weight is 298 g/mol. The first-order valence-corrected chi connectivity index (χ1v) is 7.77. The number of rotatable bonds is 3. The Balaban J connectivity index is 2.00. The summed E-state index contributed by atoms with van der Waals surface area (Å²) in [5.74, 6) is -0.627. The molecule has 0 aromatic heterocycles. The number of carbonyl (C=O) groups is 2. The van der Waals surface area contributed by atoms with Gasteiger partial charge in [-0.25, -0.2) is 9.59 Å². The summed E-state index contributed by atoms with van der Waals surface area (Å²) >= 11 is 0. The molecule has 0 spiro atoms. The molecule has 0 aromatic rings. The zero-order valence-electron chi connectivity index (χ0n) is 12.9. The molecule has 1 saturated heterocycles. The molecule has 3 unspecified atom stereocenters. The number of hydrogen-bond donors (Lipinski definition) is 3. The molecule has 1 heterocycles. The van der Waals surface area contributed by atoms with Gasteiger partial charge in [0.05, 0.1) is 12.1 Å². The molecule has 3 atom stereocenters. The Kier molecular flexibility index (Phi) is 4.76. The minimum Gasteiger partial charge on any atom is -0.480 e. The minimum atomic E-state index is -1.13.